The Balaban J connectivity index is 1.87. The van der Waals surface area contributed by atoms with Gasteiger partial charge in [-0.25, -0.2) is 0 Å². The number of piperidine rings is 1. The Labute approximate surface area is 144 Å². The maximum Gasteiger partial charge on any atom is 0.244 e. The van der Waals surface area contributed by atoms with Crippen molar-refractivity contribution in [2.24, 2.45) is 11.7 Å². The van der Waals surface area contributed by atoms with Gasteiger partial charge < -0.3 is 16.0 Å². The molecule has 132 valence electrons. The Morgan fingerprint density at radius 2 is 1.83 bits per heavy atom. The fraction of sp³-hybridized carbons (Fsp3) is 0.579. The summed E-state index contributed by atoms with van der Waals surface area (Å²) < 4.78 is 0. The van der Waals surface area contributed by atoms with Gasteiger partial charge in [-0.15, -0.1) is 0 Å². The van der Waals surface area contributed by atoms with Gasteiger partial charge in [0, 0.05) is 25.6 Å². The number of nitrogens with zero attached hydrogens (tertiary/aromatic N) is 1. The maximum atomic E-state index is 12.6. The molecule has 1 aliphatic rings. The molecule has 2 rings (SSSR count). The summed E-state index contributed by atoms with van der Waals surface area (Å²) in [6.07, 6.45) is 2.15. The van der Waals surface area contributed by atoms with Crippen molar-refractivity contribution in [3.8, 4) is 0 Å². The number of nitrogens with one attached hydrogen (secondary N) is 1. The van der Waals surface area contributed by atoms with Crippen molar-refractivity contribution in [1.82, 2.24) is 10.2 Å². The molecule has 2 amide bonds. The number of carbonyl (C=O) groups excluding carboxylic acids is 2. The van der Waals surface area contributed by atoms with E-state index in [-0.39, 0.29) is 17.9 Å². The Morgan fingerprint density at radius 3 is 2.38 bits per heavy atom. The summed E-state index contributed by atoms with van der Waals surface area (Å²) in [5.41, 5.74) is 6.00. The minimum atomic E-state index is -1.05. The average Bonchev–Trinajstić information content (AvgIpc) is 2.55. The number of carbonyl (C=O) groups is 2. The molecule has 0 spiro atoms. The van der Waals surface area contributed by atoms with Gasteiger partial charge in [-0.1, -0.05) is 44.2 Å². The topological polar surface area (TPSA) is 75.4 Å². The normalized spacial score (nSPS) is 18.3. The van der Waals surface area contributed by atoms with E-state index in [4.69, 9.17) is 5.73 Å². The number of amides is 2. The van der Waals surface area contributed by atoms with E-state index in [0.29, 0.717) is 25.4 Å². The van der Waals surface area contributed by atoms with Crippen LogP contribution in [-0.2, 0) is 15.1 Å². The predicted molar refractivity (Wildman–Crippen MR) is 95.2 cm³/mol. The van der Waals surface area contributed by atoms with E-state index in [2.05, 4.69) is 19.2 Å². The van der Waals surface area contributed by atoms with E-state index in [1.807, 2.05) is 35.2 Å². The molecular formula is C19H29N3O2. The molecule has 0 saturated carbocycles. The quantitative estimate of drug-likeness (QED) is 0.867. The minimum Gasteiger partial charge on any atom is -0.351 e. The largest absolute Gasteiger partial charge is 0.351 e. The minimum absolute atomic E-state index is 0.0761. The summed E-state index contributed by atoms with van der Waals surface area (Å²) in [6.45, 7) is 7.23. The summed E-state index contributed by atoms with van der Waals surface area (Å²) in [4.78, 5) is 26.6. The van der Waals surface area contributed by atoms with Crippen molar-refractivity contribution in [2.75, 3.05) is 13.1 Å². The highest BCUT2D eigenvalue weighted by atomic mass is 16.2. The lowest BCUT2D eigenvalue weighted by Crippen LogP contribution is -2.54. The van der Waals surface area contributed by atoms with Gasteiger partial charge in [0.1, 0.15) is 5.54 Å². The van der Waals surface area contributed by atoms with Crippen LogP contribution in [-0.4, -0.2) is 35.8 Å². The van der Waals surface area contributed by atoms with Gasteiger partial charge in [-0.05, 0) is 31.2 Å². The van der Waals surface area contributed by atoms with E-state index in [1.165, 1.54) is 0 Å². The van der Waals surface area contributed by atoms with Crippen LogP contribution >= 0.6 is 0 Å². The van der Waals surface area contributed by atoms with Crippen LogP contribution < -0.4 is 11.1 Å². The molecule has 1 unspecified atom stereocenters. The van der Waals surface area contributed by atoms with Crippen LogP contribution in [0.25, 0.3) is 0 Å². The zero-order chi connectivity index (χ0) is 17.7. The number of nitrogens with two attached hydrogens (primary N) is 1. The SMILES string of the molecule is CC(C)CC(=O)N1CCC(NC(=O)C(C)(N)c2ccccc2)CC1. The highest BCUT2D eigenvalue weighted by molar-refractivity contribution is 5.87. The highest BCUT2D eigenvalue weighted by Crippen LogP contribution is 2.19. The zero-order valence-electron chi connectivity index (χ0n) is 14.9. The second kappa shape index (κ2) is 7.79. The van der Waals surface area contributed by atoms with E-state index in [9.17, 15) is 9.59 Å². The van der Waals surface area contributed by atoms with E-state index < -0.39 is 5.54 Å². The van der Waals surface area contributed by atoms with Crippen molar-refractivity contribution >= 4 is 11.8 Å². The summed E-state index contributed by atoms with van der Waals surface area (Å²) in [5, 5.41) is 3.06. The zero-order valence-corrected chi connectivity index (χ0v) is 14.9. The average molecular weight is 331 g/mol. The van der Waals surface area contributed by atoms with Gasteiger partial charge in [0.2, 0.25) is 11.8 Å². The molecule has 1 aromatic rings. The van der Waals surface area contributed by atoms with E-state index >= 15 is 0 Å². The molecule has 0 radical (unpaired) electrons. The van der Waals surface area contributed by atoms with Gasteiger partial charge in [0.25, 0.3) is 0 Å². The van der Waals surface area contributed by atoms with Crippen LogP contribution in [0.1, 0.15) is 45.6 Å². The Bertz CT molecular complexity index is 561. The van der Waals surface area contributed by atoms with Crippen molar-refractivity contribution in [1.29, 1.82) is 0 Å². The van der Waals surface area contributed by atoms with Gasteiger partial charge in [-0.3, -0.25) is 9.59 Å². The maximum absolute atomic E-state index is 12.6. The van der Waals surface area contributed by atoms with Crippen LogP contribution in [0.15, 0.2) is 30.3 Å². The van der Waals surface area contributed by atoms with Crippen LogP contribution in [0.5, 0.6) is 0 Å². The fourth-order valence-electron chi connectivity index (χ4n) is 3.00. The third-order valence-corrected chi connectivity index (χ3v) is 4.61. The van der Waals surface area contributed by atoms with Crippen LogP contribution in [0, 0.1) is 5.92 Å². The van der Waals surface area contributed by atoms with E-state index in [0.717, 1.165) is 18.4 Å². The molecule has 1 heterocycles. The number of likely N-dealkylation sites (tertiary alicyclic amines) is 1. The standard InChI is InChI=1S/C19H29N3O2/c1-14(2)13-17(23)22-11-9-16(10-12-22)21-18(24)19(3,20)15-7-5-4-6-8-15/h4-8,14,16H,9-13,20H2,1-3H3,(H,21,24). The number of hydrogen-bond acceptors (Lipinski definition) is 3. The molecule has 1 aromatic carbocycles. The van der Waals surface area contributed by atoms with Crippen LogP contribution in [0.4, 0.5) is 0 Å². The number of benzene rings is 1. The van der Waals surface area contributed by atoms with Gasteiger partial charge in [0.15, 0.2) is 0 Å². The Morgan fingerprint density at radius 1 is 1.25 bits per heavy atom. The van der Waals surface area contributed by atoms with Gasteiger partial charge in [0.05, 0.1) is 0 Å². The Hall–Kier alpha value is -1.88. The monoisotopic (exact) mass is 331 g/mol. The van der Waals surface area contributed by atoms with Crippen molar-refractivity contribution in [2.45, 2.75) is 51.6 Å². The molecular weight excluding hydrogens is 302 g/mol. The second-order valence-corrected chi connectivity index (χ2v) is 7.29. The molecule has 5 nitrogen and oxygen atoms in total. The fourth-order valence-corrected chi connectivity index (χ4v) is 3.00. The van der Waals surface area contributed by atoms with Crippen molar-refractivity contribution < 1.29 is 9.59 Å². The first-order chi connectivity index (χ1) is 11.3. The molecule has 1 aliphatic heterocycles. The summed E-state index contributed by atoms with van der Waals surface area (Å²) in [5.74, 6) is 0.419. The van der Waals surface area contributed by atoms with Gasteiger partial charge >= 0.3 is 0 Å². The Kier molecular flexibility index (Phi) is 5.99. The molecule has 1 atom stereocenters. The summed E-state index contributed by atoms with van der Waals surface area (Å²) >= 11 is 0. The van der Waals surface area contributed by atoms with Crippen molar-refractivity contribution in [3.05, 3.63) is 35.9 Å². The van der Waals surface area contributed by atoms with Gasteiger partial charge in [-0.2, -0.15) is 0 Å². The molecule has 0 bridgehead atoms. The highest BCUT2D eigenvalue weighted by Gasteiger charge is 2.33. The molecule has 3 N–H and O–H groups in total. The van der Waals surface area contributed by atoms with Crippen LogP contribution in [0.2, 0.25) is 0 Å². The predicted octanol–water partition coefficient (Wildman–Crippen LogP) is 2.01. The molecule has 0 aliphatic carbocycles. The van der Waals surface area contributed by atoms with Crippen LogP contribution in [0.3, 0.4) is 0 Å². The summed E-state index contributed by atoms with van der Waals surface area (Å²) in [6, 6.07) is 9.48. The number of hydrogen-bond donors (Lipinski definition) is 2. The third-order valence-electron chi connectivity index (χ3n) is 4.61. The molecule has 0 aromatic heterocycles. The lowest BCUT2D eigenvalue weighted by molar-refractivity contribution is -0.133. The second-order valence-electron chi connectivity index (χ2n) is 7.29. The van der Waals surface area contributed by atoms with E-state index in [1.54, 1.807) is 6.92 Å². The smallest absolute Gasteiger partial charge is 0.244 e. The lowest BCUT2D eigenvalue weighted by Gasteiger charge is -2.34. The first kappa shape index (κ1) is 18.5. The molecule has 1 saturated heterocycles. The number of rotatable bonds is 5. The summed E-state index contributed by atoms with van der Waals surface area (Å²) in [7, 11) is 0. The molecule has 1 fully saturated rings. The molecule has 5 heteroatoms. The third kappa shape index (κ3) is 4.57. The first-order valence-corrected chi connectivity index (χ1v) is 8.74. The van der Waals surface area contributed by atoms with Crippen molar-refractivity contribution in [3.63, 3.8) is 0 Å². The first-order valence-electron chi connectivity index (χ1n) is 8.74. The lowest BCUT2D eigenvalue weighted by atomic mass is 9.91. The molecule has 24 heavy (non-hydrogen) atoms.